The maximum atomic E-state index is 13.1. The van der Waals surface area contributed by atoms with Crippen molar-refractivity contribution >= 4 is 38.5 Å². The van der Waals surface area contributed by atoms with Gasteiger partial charge in [0.25, 0.3) is 11.2 Å². The van der Waals surface area contributed by atoms with Gasteiger partial charge in [-0.15, -0.1) is 13.2 Å². The van der Waals surface area contributed by atoms with E-state index < -0.39 is 39.7 Å². The van der Waals surface area contributed by atoms with Gasteiger partial charge >= 0.3 is 12.5 Å². The van der Waals surface area contributed by atoms with Gasteiger partial charge in [-0.3, -0.25) is 19.9 Å². The largest absolute Gasteiger partial charge is 0.573 e. The van der Waals surface area contributed by atoms with Crippen molar-refractivity contribution in [1.29, 1.82) is 0 Å². The third kappa shape index (κ3) is 6.25. The lowest BCUT2D eigenvalue weighted by molar-refractivity contribution is -0.383. The predicted octanol–water partition coefficient (Wildman–Crippen LogP) is 4.64. The van der Waals surface area contributed by atoms with Crippen molar-refractivity contribution in [3.8, 4) is 5.75 Å². The van der Waals surface area contributed by atoms with Gasteiger partial charge < -0.3 is 9.64 Å². The summed E-state index contributed by atoms with van der Waals surface area (Å²) in [4.78, 5) is 28.5. The normalized spacial score (nSPS) is 15.0. The second-order valence-corrected chi connectivity index (χ2v) is 8.71. The number of nitro benzene ring substituents is 1. The number of anilines is 1. The van der Waals surface area contributed by atoms with Gasteiger partial charge in [-0.1, -0.05) is 11.3 Å². The maximum Gasteiger partial charge on any atom is 0.573 e. The van der Waals surface area contributed by atoms with Crippen LogP contribution in [0, 0.1) is 10.1 Å². The molecule has 1 saturated heterocycles. The fraction of sp³-hybridized carbons (Fsp3) is 0.286. The molecule has 2 heterocycles. The highest BCUT2D eigenvalue weighted by atomic mass is 32.1. The highest BCUT2D eigenvalue weighted by Gasteiger charge is 2.34. The van der Waals surface area contributed by atoms with Crippen LogP contribution in [-0.2, 0) is 6.18 Å². The quantitative estimate of drug-likeness (QED) is 0.199. The van der Waals surface area contributed by atoms with E-state index in [0.29, 0.717) is 43.9 Å². The molecular formula is C21H15F6N5O4S. The Labute approximate surface area is 207 Å². The Morgan fingerprint density at radius 1 is 1.05 bits per heavy atom. The van der Waals surface area contributed by atoms with Crippen LogP contribution in [0.15, 0.2) is 46.3 Å². The zero-order chi connectivity index (χ0) is 27.0. The zero-order valence-electron chi connectivity index (χ0n) is 18.4. The van der Waals surface area contributed by atoms with Gasteiger partial charge in [-0.2, -0.15) is 23.3 Å². The lowest BCUT2D eigenvalue weighted by Gasteiger charge is -2.33. The molecule has 16 heteroatoms. The van der Waals surface area contributed by atoms with Crippen LogP contribution in [0.2, 0.25) is 0 Å². The van der Waals surface area contributed by atoms with E-state index >= 15 is 0 Å². The number of nitrogens with zero attached hydrogens (tertiary/aromatic N) is 5. The Bertz CT molecular complexity index is 1400. The molecule has 1 fully saturated rings. The molecule has 37 heavy (non-hydrogen) atoms. The average Bonchev–Trinajstić information content (AvgIpc) is 2.81. The number of hydrazone groups is 1. The van der Waals surface area contributed by atoms with Gasteiger partial charge in [0.15, 0.2) is 5.13 Å². The highest BCUT2D eigenvalue weighted by Crippen LogP contribution is 2.38. The first-order chi connectivity index (χ1) is 17.3. The standard InChI is InChI=1S/C21H15F6N5O4S/c22-20(23,24)13-9-15-17(16(10-13)32(34)35)37-19(29-18(15)33)30-5-7-31(8-6-30)28-11-12-1-3-14(4-2-12)36-21(25,26)27/h1-4,9-11H,5-8H2. The Morgan fingerprint density at radius 2 is 1.70 bits per heavy atom. The van der Waals surface area contributed by atoms with E-state index in [4.69, 9.17) is 0 Å². The Kier molecular flexibility index (Phi) is 6.94. The topological polar surface area (TPSA) is 101 Å². The van der Waals surface area contributed by atoms with Crippen LogP contribution in [0.25, 0.3) is 10.1 Å². The number of benzene rings is 2. The summed E-state index contributed by atoms with van der Waals surface area (Å²) in [7, 11) is 0. The molecule has 0 atom stereocenters. The van der Waals surface area contributed by atoms with E-state index in [-0.39, 0.29) is 15.6 Å². The first-order valence-corrected chi connectivity index (χ1v) is 11.2. The predicted molar refractivity (Wildman–Crippen MR) is 122 cm³/mol. The summed E-state index contributed by atoms with van der Waals surface area (Å²) >= 11 is 0.755. The summed E-state index contributed by atoms with van der Waals surface area (Å²) in [6.07, 6.45) is -8.22. The number of fused-ring (bicyclic) bond motifs is 1. The van der Waals surface area contributed by atoms with Crippen molar-refractivity contribution in [2.75, 3.05) is 31.1 Å². The molecule has 9 nitrogen and oxygen atoms in total. The van der Waals surface area contributed by atoms with Crippen LogP contribution >= 0.6 is 11.3 Å². The summed E-state index contributed by atoms with van der Waals surface area (Å²) in [5.74, 6) is -0.366. The smallest absolute Gasteiger partial charge is 0.406 e. The van der Waals surface area contributed by atoms with Crippen LogP contribution in [0.3, 0.4) is 0 Å². The van der Waals surface area contributed by atoms with Crippen LogP contribution in [0.4, 0.5) is 37.2 Å². The molecule has 0 saturated carbocycles. The minimum absolute atomic E-state index is 0.129. The summed E-state index contributed by atoms with van der Waals surface area (Å²) in [5.41, 5.74) is -2.61. The van der Waals surface area contributed by atoms with Crippen molar-refractivity contribution in [2.24, 2.45) is 5.10 Å². The second-order valence-electron chi connectivity index (χ2n) is 7.73. The Hall–Kier alpha value is -3.95. The molecule has 4 rings (SSSR count). The monoisotopic (exact) mass is 547 g/mol. The summed E-state index contributed by atoms with van der Waals surface area (Å²) in [6, 6.07) is 6.06. The number of non-ortho nitro benzene ring substituents is 1. The fourth-order valence-corrected chi connectivity index (χ4v) is 4.60. The molecule has 196 valence electrons. The number of hydrogen-bond acceptors (Lipinski definition) is 9. The number of ether oxygens (including phenoxy) is 1. The van der Waals surface area contributed by atoms with Gasteiger partial charge in [0.05, 0.1) is 35.2 Å². The van der Waals surface area contributed by atoms with Gasteiger partial charge in [0.1, 0.15) is 10.4 Å². The maximum absolute atomic E-state index is 13.1. The van der Waals surface area contributed by atoms with Gasteiger partial charge in [-0.25, -0.2) is 0 Å². The second kappa shape index (κ2) is 9.84. The summed E-state index contributed by atoms with van der Waals surface area (Å²) in [5, 5.41) is 17.0. The van der Waals surface area contributed by atoms with Crippen LogP contribution < -0.4 is 15.2 Å². The summed E-state index contributed by atoms with van der Waals surface area (Å²) < 4.78 is 79.8. The molecule has 1 aromatic heterocycles. The number of alkyl halides is 6. The highest BCUT2D eigenvalue weighted by molar-refractivity contribution is 7.22. The van der Waals surface area contributed by atoms with E-state index in [1.807, 2.05) is 0 Å². The number of aromatic nitrogens is 1. The molecule has 0 aliphatic carbocycles. The van der Waals surface area contributed by atoms with Crippen molar-refractivity contribution in [2.45, 2.75) is 12.5 Å². The molecule has 0 radical (unpaired) electrons. The third-order valence-electron chi connectivity index (χ3n) is 5.22. The van der Waals surface area contributed by atoms with E-state index in [2.05, 4.69) is 14.8 Å². The molecule has 0 N–H and O–H groups in total. The van der Waals surface area contributed by atoms with E-state index in [9.17, 15) is 41.3 Å². The van der Waals surface area contributed by atoms with Gasteiger partial charge in [0.2, 0.25) is 0 Å². The average molecular weight is 547 g/mol. The van der Waals surface area contributed by atoms with E-state index in [1.54, 1.807) is 9.91 Å². The molecule has 3 aromatic rings. The molecule has 1 aliphatic rings. The zero-order valence-corrected chi connectivity index (χ0v) is 19.2. The first kappa shape index (κ1) is 26.1. The number of halogens is 6. The Balaban J connectivity index is 1.48. The molecule has 0 unspecified atom stereocenters. The van der Waals surface area contributed by atoms with Gasteiger partial charge in [-0.05, 0) is 35.9 Å². The van der Waals surface area contributed by atoms with E-state index in [0.717, 1.165) is 23.5 Å². The van der Waals surface area contributed by atoms with Crippen molar-refractivity contribution in [3.63, 3.8) is 0 Å². The fourth-order valence-electron chi connectivity index (χ4n) is 3.48. The van der Waals surface area contributed by atoms with Crippen molar-refractivity contribution in [1.82, 2.24) is 9.99 Å². The van der Waals surface area contributed by atoms with Crippen LogP contribution in [-0.4, -0.2) is 53.7 Å². The number of hydrogen-bond donors (Lipinski definition) is 0. The molecule has 0 bridgehead atoms. The lowest BCUT2D eigenvalue weighted by atomic mass is 10.1. The molecular weight excluding hydrogens is 532 g/mol. The van der Waals surface area contributed by atoms with Crippen molar-refractivity contribution in [3.05, 3.63) is 68.0 Å². The number of rotatable bonds is 5. The third-order valence-corrected chi connectivity index (χ3v) is 6.39. The molecule has 2 aromatic carbocycles. The summed E-state index contributed by atoms with van der Waals surface area (Å²) in [6.45, 7) is 1.31. The van der Waals surface area contributed by atoms with Crippen LogP contribution in [0.5, 0.6) is 5.75 Å². The van der Waals surface area contributed by atoms with Crippen molar-refractivity contribution < 1.29 is 36.0 Å². The Morgan fingerprint density at radius 3 is 2.27 bits per heavy atom. The lowest BCUT2D eigenvalue weighted by Crippen LogP contribution is -2.44. The van der Waals surface area contributed by atoms with Crippen LogP contribution in [0.1, 0.15) is 11.1 Å². The molecule has 0 spiro atoms. The molecule has 1 aliphatic heterocycles. The minimum atomic E-state index is -4.87. The van der Waals surface area contributed by atoms with E-state index in [1.165, 1.54) is 18.3 Å². The first-order valence-electron chi connectivity index (χ1n) is 10.4. The van der Waals surface area contributed by atoms with Gasteiger partial charge in [0, 0.05) is 19.2 Å². The SMILES string of the molecule is O=c1nc(N2CCN(N=Cc3ccc(OC(F)(F)F)cc3)CC2)sc2c([N+](=O)[O-])cc(C(F)(F)F)cc12. The number of nitro groups is 1. The molecule has 0 amide bonds. The minimum Gasteiger partial charge on any atom is -0.406 e. The number of piperazine rings is 1.